The van der Waals surface area contributed by atoms with E-state index in [-0.39, 0.29) is 0 Å². The summed E-state index contributed by atoms with van der Waals surface area (Å²) in [4.78, 5) is 0. The van der Waals surface area contributed by atoms with Crippen molar-refractivity contribution >= 4 is 10.8 Å². The van der Waals surface area contributed by atoms with Crippen LogP contribution in [0.5, 0.6) is 0 Å². The number of fused-ring (bicyclic) bond motifs is 1. The summed E-state index contributed by atoms with van der Waals surface area (Å²) in [5.74, 6) is 0.608. The summed E-state index contributed by atoms with van der Waals surface area (Å²) < 4.78 is 0. The third kappa shape index (κ3) is 3.72. The molecule has 22 heavy (non-hydrogen) atoms. The zero-order valence-electron chi connectivity index (χ0n) is 15.2. The Bertz CT molecular complexity index is 619. The van der Waals surface area contributed by atoms with Crippen molar-refractivity contribution in [2.24, 2.45) is 10.8 Å². The summed E-state index contributed by atoms with van der Waals surface area (Å²) in [6.45, 7) is 14.3. The molecule has 0 radical (unpaired) electrons. The highest BCUT2D eigenvalue weighted by Crippen LogP contribution is 2.46. The molecule has 0 N–H and O–H groups in total. The Morgan fingerprint density at radius 2 is 1.45 bits per heavy atom. The fourth-order valence-corrected chi connectivity index (χ4v) is 3.21. The zero-order valence-corrected chi connectivity index (χ0v) is 15.2. The molecule has 0 saturated carbocycles. The zero-order chi connectivity index (χ0) is 16.4. The smallest absolute Gasteiger partial charge is 0.0105 e. The Morgan fingerprint density at radius 1 is 0.818 bits per heavy atom. The van der Waals surface area contributed by atoms with Crippen molar-refractivity contribution in [3.05, 3.63) is 48.0 Å². The highest BCUT2D eigenvalue weighted by atomic mass is 14.4. The van der Waals surface area contributed by atoms with Crippen LogP contribution in [0.3, 0.4) is 0 Å². The van der Waals surface area contributed by atoms with Crippen LogP contribution in [0.4, 0.5) is 0 Å². The molecule has 2 aromatic rings. The summed E-state index contributed by atoms with van der Waals surface area (Å²) in [6.07, 6.45) is 3.70. The average molecular weight is 296 g/mol. The van der Waals surface area contributed by atoms with Gasteiger partial charge in [-0.1, -0.05) is 96.8 Å². The number of rotatable bonds is 6. The van der Waals surface area contributed by atoms with Crippen molar-refractivity contribution in [2.45, 2.75) is 66.7 Å². The maximum absolute atomic E-state index is 2.43. The standard InChI is InChI=1S/C22H32/c1-7-21(3,4)16-20(22(5,6)8-2)19-14-13-17-11-9-10-12-18(17)15-19/h9-15,20H,7-8,16H2,1-6H3. The molecule has 120 valence electrons. The van der Waals surface area contributed by atoms with E-state index >= 15 is 0 Å². The Balaban J connectivity index is 2.46. The minimum Gasteiger partial charge on any atom is -0.0649 e. The lowest BCUT2D eigenvalue weighted by atomic mass is 9.66. The molecule has 1 atom stereocenters. The molecule has 0 nitrogen and oxygen atoms in total. The monoisotopic (exact) mass is 296 g/mol. The topological polar surface area (TPSA) is 0 Å². The molecule has 2 aromatic carbocycles. The molecule has 0 aliphatic rings. The van der Waals surface area contributed by atoms with Gasteiger partial charge in [-0.05, 0) is 39.5 Å². The highest BCUT2D eigenvalue weighted by Gasteiger charge is 2.33. The third-order valence-electron chi connectivity index (χ3n) is 5.74. The van der Waals surface area contributed by atoms with E-state index in [9.17, 15) is 0 Å². The quantitative estimate of drug-likeness (QED) is 0.529. The summed E-state index contributed by atoms with van der Waals surface area (Å²) in [5, 5.41) is 2.71. The molecule has 0 spiro atoms. The average Bonchev–Trinajstić information content (AvgIpc) is 2.52. The summed E-state index contributed by atoms with van der Waals surface area (Å²) in [6, 6.07) is 15.8. The summed E-state index contributed by atoms with van der Waals surface area (Å²) in [5.41, 5.74) is 2.23. The van der Waals surface area contributed by atoms with Crippen LogP contribution in [-0.4, -0.2) is 0 Å². The van der Waals surface area contributed by atoms with Crippen LogP contribution in [0.1, 0.15) is 72.3 Å². The van der Waals surface area contributed by atoms with Crippen molar-refractivity contribution in [3.63, 3.8) is 0 Å². The lowest BCUT2D eigenvalue weighted by Gasteiger charge is -2.39. The van der Waals surface area contributed by atoms with Crippen molar-refractivity contribution in [2.75, 3.05) is 0 Å². The number of benzene rings is 2. The van der Waals surface area contributed by atoms with E-state index < -0.39 is 0 Å². The van der Waals surface area contributed by atoms with Gasteiger partial charge in [0, 0.05) is 0 Å². The van der Waals surface area contributed by atoms with Crippen LogP contribution < -0.4 is 0 Å². The van der Waals surface area contributed by atoms with Crippen LogP contribution in [-0.2, 0) is 0 Å². The van der Waals surface area contributed by atoms with Gasteiger partial charge in [-0.25, -0.2) is 0 Å². The molecule has 0 aliphatic carbocycles. The molecule has 0 heteroatoms. The van der Waals surface area contributed by atoms with Gasteiger partial charge in [0.05, 0.1) is 0 Å². The largest absolute Gasteiger partial charge is 0.0649 e. The van der Waals surface area contributed by atoms with Gasteiger partial charge in [0.1, 0.15) is 0 Å². The van der Waals surface area contributed by atoms with Crippen molar-refractivity contribution in [3.8, 4) is 0 Å². The molecule has 0 bridgehead atoms. The van der Waals surface area contributed by atoms with E-state index in [2.05, 4.69) is 84.0 Å². The minimum absolute atomic E-state index is 0.328. The van der Waals surface area contributed by atoms with Crippen molar-refractivity contribution < 1.29 is 0 Å². The second kappa shape index (κ2) is 6.44. The molecule has 2 rings (SSSR count). The van der Waals surface area contributed by atoms with Gasteiger partial charge in [0.15, 0.2) is 0 Å². The van der Waals surface area contributed by atoms with E-state index in [1.54, 1.807) is 0 Å². The van der Waals surface area contributed by atoms with Gasteiger partial charge >= 0.3 is 0 Å². The highest BCUT2D eigenvalue weighted by molar-refractivity contribution is 5.83. The number of hydrogen-bond donors (Lipinski definition) is 0. The summed E-state index contributed by atoms with van der Waals surface area (Å²) >= 11 is 0. The number of hydrogen-bond acceptors (Lipinski definition) is 0. The van der Waals surface area contributed by atoms with Gasteiger partial charge in [-0.15, -0.1) is 0 Å². The second-order valence-corrected chi connectivity index (χ2v) is 8.22. The maximum atomic E-state index is 2.43. The van der Waals surface area contributed by atoms with Crippen LogP contribution in [0.25, 0.3) is 10.8 Å². The molecular formula is C22H32. The molecule has 0 fully saturated rings. The Kier molecular flexibility index (Phi) is 5.00. The fourth-order valence-electron chi connectivity index (χ4n) is 3.21. The first-order valence-electron chi connectivity index (χ1n) is 8.78. The molecule has 1 unspecified atom stereocenters. The predicted molar refractivity (Wildman–Crippen MR) is 99.5 cm³/mol. The lowest BCUT2D eigenvalue weighted by Crippen LogP contribution is -2.27. The Labute approximate surface area is 136 Å². The van der Waals surface area contributed by atoms with Gasteiger partial charge < -0.3 is 0 Å². The minimum atomic E-state index is 0.328. The SMILES string of the molecule is CCC(C)(C)CC(c1ccc2ccccc2c1)C(C)(C)CC. The summed E-state index contributed by atoms with van der Waals surface area (Å²) in [7, 11) is 0. The fraction of sp³-hybridized carbons (Fsp3) is 0.545. The van der Waals surface area contributed by atoms with Gasteiger partial charge in [0.2, 0.25) is 0 Å². The van der Waals surface area contributed by atoms with Crippen LogP contribution in [0, 0.1) is 10.8 Å². The van der Waals surface area contributed by atoms with E-state index in [0.29, 0.717) is 16.7 Å². The van der Waals surface area contributed by atoms with E-state index in [4.69, 9.17) is 0 Å². The van der Waals surface area contributed by atoms with Gasteiger partial charge in [-0.3, -0.25) is 0 Å². The third-order valence-corrected chi connectivity index (χ3v) is 5.74. The molecule has 0 aliphatic heterocycles. The van der Waals surface area contributed by atoms with Crippen molar-refractivity contribution in [1.82, 2.24) is 0 Å². The predicted octanol–water partition coefficient (Wildman–Crippen LogP) is 7.19. The Hall–Kier alpha value is -1.30. The molecule has 0 amide bonds. The molecule has 0 aromatic heterocycles. The first kappa shape index (κ1) is 17.1. The normalized spacial score (nSPS) is 14.3. The van der Waals surface area contributed by atoms with Crippen LogP contribution in [0.15, 0.2) is 42.5 Å². The van der Waals surface area contributed by atoms with Gasteiger partial charge in [0.25, 0.3) is 0 Å². The van der Waals surface area contributed by atoms with E-state index in [1.807, 2.05) is 0 Å². The maximum Gasteiger partial charge on any atom is -0.0105 e. The van der Waals surface area contributed by atoms with Crippen LogP contribution in [0.2, 0.25) is 0 Å². The van der Waals surface area contributed by atoms with E-state index in [1.165, 1.54) is 35.6 Å². The van der Waals surface area contributed by atoms with Gasteiger partial charge in [-0.2, -0.15) is 0 Å². The molecular weight excluding hydrogens is 264 g/mol. The van der Waals surface area contributed by atoms with Crippen LogP contribution >= 0.6 is 0 Å². The lowest BCUT2D eigenvalue weighted by molar-refractivity contribution is 0.188. The first-order chi connectivity index (χ1) is 10.3. The Morgan fingerprint density at radius 3 is 2.05 bits per heavy atom. The molecule has 0 heterocycles. The molecule has 0 saturated heterocycles. The van der Waals surface area contributed by atoms with Crippen molar-refractivity contribution in [1.29, 1.82) is 0 Å². The first-order valence-corrected chi connectivity index (χ1v) is 8.78. The second-order valence-electron chi connectivity index (χ2n) is 8.22. The van der Waals surface area contributed by atoms with E-state index in [0.717, 1.165) is 0 Å².